The van der Waals surface area contributed by atoms with Crippen molar-refractivity contribution in [2.24, 2.45) is 0 Å². The van der Waals surface area contributed by atoms with Crippen LogP contribution in [0.3, 0.4) is 0 Å². The zero-order valence-electron chi connectivity index (χ0n) is 29.9. The molecule has 3 aliphatic carbocycles. The van der Waals surface area contributed by atoms with Gasteiger partial charge in [-0.15, -0.1) is 0 Å². The van der Waals surface area contributed by atoms with E-state index in [2.05, 4.69) is 194 Å². The number of hydrogen-bond donors (Lipinski definition) is 0. The highest BCUT2D eigenvalue weighted by molar-refractivity contribution is 6.01. The highest BCUT2D eigenvalue weighted by Crippen LogP contribution is 2.66. The van der Waals surface area contributed by atoms with Gasteiger partial charge in [-0.2, -0.15) is 0 Å². The summed E-state index contributed by atoms with van der Waals surface area (Å²) >= 11 is 0. The van der Waals surface area contributed by atoms with Gasteiger partial charge in [0.25, 0.3) is 0 Å². The molecule has 1 aliphatic heterocycles. The molecule has 4 aliphatic rings. The van der Waals surface area contributed by atoms with Crippen LogP contribution in [0.2, 0.25) is 0 Å². The molecule has 1 nitrogen and oxygen atoms in total. The molecule has 1 unspecified atom stereocenters. The fraction of sp³-hybridized carbons (Fsp3) is 0.0370. The molecule has 0 fully saturated rings. The second-order valence-corrected chi connectivity index (χ2v) is 15.5. The third-order valence-electron chi connectivity index (χ3n) is 13.1. The molecular weight excluding hydrogens is 665 g/mol. The van der Waals surface area contributed by atoms with Crippen molar-refractivity contribution >= 4 is 10.8 Å². The van der Waals surface area contributed by atoms with Crippen LogP contribution in [0.25, 0.3) is 55.3 Å². The van der Waals surface area contributed by atoms with Crippen LogP contribution in [0.1, 0.15) is 44.5 Å². The van der Waals surface area contributed by atoms with Crippen LogP contribution >= 0.6 is 0 Å². The quantitative estimate of drug-likeness (QED) is 0.166. The Bertz CT molecular complexity index is 3100. The minimum Gasteiger partial charge on any atom is -0.457 e. The Morgan fingerprint density at radius 3 is 1.38 bits per heavy atom. The van der Waals surface area contributed by atoms with Gasteiger partial charge in [0.1, 0.15) is 11.5 Å². The van der Waals surface area contributed by atoms with Crippen LogP contribution < -0.4 is 4.74 Å². The molecule has 0 amide bonds. The first-order valence-electron chi connectivity index (χ1n) is 19.3. The van der Waals surface area contributed by atoms with E-state index in [1.807, 2.05) is 0 Å². The molecular formula is C54H32O. The van der Waals surface area contributed by atoms with E-state index in [-0.39, 0.29) is 0 Å². The smallest absolute Gasteiger partial charge is 0.132 e. The highest BCUT2D eigenvalue weighted by atomic mass is 16.5. The zero-order chi connectivity index (χ0) is 35.9. The van der Waals surface area contributed by atoms with Gasteiger partial charge in [-0.3, -0.25) is 0 Å². The van der Waals surface area contributed by atoms with Crippen LogP contribution in [0, 0.1) is 0 Å². The van der Waals surface area contributed by atoms with Crippen molar-refractivity contribution in [3.8, 4) is 56.0 Å². The molecule has 0 radical (unpaired) electrons. The highest BCUT2D eigenvalue weighted by Gasteiger charge is 2.54. The molecule has 1 heterocycles. The average Bonchev–Trinajstić information content (AvgIpc) is 3.82. The fourth-order valence-electron chi connectivity index (χ4n) is 11.2. The predicted octanol–water partition coefficient (Wildman–Crippen LogP) is 13.3. The van der Waals surface area contributed by atoms with Gasteiger partial charge in [0.2, 0.25) is 0 Å². The summed E-state index contributed by atoms with van der Waals surface area (Å²) in [4.78, 5) is 0. The van der Waals surface area contributed by atoms with Gasteiger partial charge in [-0.25, -0.2) is 0 Å². The number of benzene rings is 9. The molecule has 2 spiro atoms. The Kier molecular flexibility index (Phi) is 5.56. The fourth-order valence-corrected chi connectivity index (χ4v) is 11.2. The van der Waals surface area contributed by atoms with Crippen LogP contribution in [0.15, 0.2) is 194 Å². The van der Waals surface area contributed by atoms with E-state index < -0.39 is 10.8 Å². The monoisotopic (exact) mass is 696 g/mol. The van der Waals surface area contributed by atoms with Crippen LogP contribution in [-0.4, -0.2) is 0 Å². The number of para-hydroxylation sites is 1. The molecule has 0 saturated carbocycles. The van der Waals surface area contributed by atoms with Crippen molar-refractivity contribution in [2.45, 2.75) is 10.8 Å². The zero-order valence-corrected chi connectivity index (χ0v) is 29.9. The number of fused-ring (bicyclic) bond motifs is 20. The Labute approximate surface area is 319 Å². The third-order valence-corrected chi connectivity index (χ3v) is 13.1. The molecule has 254 valence electrons. The lowest BCUT2D eigenvalue weighted by molar-refractivity contribution is 0.437. The van der Waals surface area contributed by atoms with Gasteiger partial charge in [0, 0.05) is 11.1 Å². The first-order chi connectivity index (χ1) is 27.3. The molecule has 55 heavy (non-hydrogen) atoms. The van der Waals surface area contributed by atoms with Crippen LogP contribution in [-0.2, 0) is 10.8 Å². The maximum atomic E-state index is 6.89. The number of rotatable bonds is 1. The maximum Gasteiger partial charge on any atom is 0.132 e. The summed E-state index contributed by atoms with van der Waals surface area (Å²) in [7, 11) is 0. The summed E-state index contributed by atoms with van der Waals surface area (Å²) in [5, 5.41) is 2.55. The van der Waals surface area contributed by atoms with Gasteiger partial charge in [0.15, 0.2) is 0 Å². The Morgan fingerprint density at radius 2 is 0.727 bits per heavy atom. The van der Waals surface area contributed by atoms with Crippen molar-refractivity contribution in [3.05, 3.63) is 239 Å². The molecule has 1 atom stereocenters. The van der Waals surface area contributed by atoms with Crippen molar-refractivity contribution in [3.63, 3.8) is 0 Å². The minimum absolute atomic E-state index is 0.414. The Balaban J connectivity index is 1.11. The molecule has 0 bridgehead atoms. The molecule has 0 saturated heterocycles. The van der Waals surface area contributed by atoms with Crippen molar-refractivity contribution < 1.29 is 4.74 Å². The summed E-state index contributed by atoms with van der Waals surface area (Å²) in [6, 6.07) is 72.4. The molecule has 1 heteroatoms. The van der Waals surface area contributed by atoms with Crippen molar-refractivity contribution in [1.29, 1.82) is 0 Å². The van der Waals surface area contributed by atoms with Gasteiger partial charge < -0.3 is 4.74 Å². The van der Waals surface area contributed by atoms with Crippen molar-refractivity contribution in [2.75, 3.05) is 0 Å². The lowest BCUT2D eigenvalue weighted by Crippen LogP contribution is -2.32. The summed E-state index contributed by atoms with van der Waals surface area (Å²) in [5.74, 6) is 1.82. The van der Waals surface area contributed by atoms with Gasteiger partial charge in [0.05, 0.1) is 10.8 Å². The number of ether oxygens (including phenoxy) is 1. The lowest BCUT2D eigenvalue weighted by atomic mass is 9.64. The van der Waals surface area contributed by atoms with Gasteiger partial charge >= 0.3 is 0 Å². The van der Waals surface area contributed by atoms with Crippen LogP contribution in [0.5, 0.6) is 11.5 Å². The van der Waals surface area contributed by atoms with E-state index in [0.717, 1.165) is 11.5 Å². The summed E-state index contributed by atoms with van der Waals surface area (Å²) in [6.45, 7) is 0. The largest absolute Gasteiger partial charge is 0.457 e. The second-order valence-electron chi connectivity index (χ2n) is 15.5. The predicted molar refractivity (Wildman–Crippen MR) is 223 cm³/mol. The molecule has 9 aromatic carbocycles. The normalized spacial score (nSPS) is 16.7. The van der Waals surface area contributed by atoms with Gasteiger partial charge in [-0.1, -0.05) is 164 Å². The van der Waals surface area contributed by atoms with E-state index in [1.165, 1.54) is 99.8 Å². The van der Waals surface area contributed by atoms with E-state index in [4.69, 9.17) is 4.74 Å². The average molecular weight is 697 g/mol. The lowest BCUT2D eigenvalue weighted by Gasteiger charge is -2.40. The van der Waals surface area contributed by atoms with E-state index in [9.17, 15) is 0 Å². The first kappa shape index (κ1) is 29.5. The second kappa shape index (κ2) is 10.4. The first-order valence-corrected chi connectivity index (χ1v) is 19.3. The van der Waals surface area contributed by atoms with Gasteiger partial charge in [-0.05, 0) is 119 Å². The standard InChI is InChI=1S/C54H32O/c1-2-15-34-32-49-42(30-33(34)14-1)40-19-6-8-22-44(40)53(49)43-21-7-5-18-39(43)41-31-35(28-29-47(41)53)36-20-13-27-51-52(36)54(48-25-11-12-26-50(48)55-51)45-23-9-3-16-37(45)38-17-4-10-24-46(38)54/h1-32H. The molecule has 0 aromatic heterocycles. The Morgan fingerprint density at radius 1 is 0.273 bits per heavy atom. The van der Waals surface area contributed by atoms with E-state index in [1.54, 1.807) is 0 Å². The van der Waals surface area contributed by atoms with E-state index >= 15 is 0 Å². The maximum absolute atomic E-state index is 6.89. The summed E-state index contributed by atoms with van der Waals surface area (Å²) < 4.78 is 6.89. The topological polar surface area (TPSA) is 9.23 Å². The van der Waals surface area contributed by atoms with Crippen molar-refractivity contribution in [1.82, 2.24) is 0 Å². The third kappa shape index (κ3) is 3.46. The molecule has 13 rings (SSSR count). The van der Waals surface area contributed by atoms with Crippen LogP contribution in [0.4, 0.5) is 0 Å². The SMILES string of the molecule is c1ccc2c(c1)Oc1cccc(-c3ccc4c(c3)-c3ccccc3C43c4ccccc4-c4cc5ccccc5cc43)c1C21c2ccccc2-c2ccccc21. The van der Waals surface area contributed by atoms with E-state index in [0.29, 0.717) is 0 Å². The summed E-state index contributed by atoms with van der Waals surface area (Å²) in [6.07, 6.45) is 0. The number of hydrogen-bond acceptors (Lipinski definition) is 1. The Hall–Kier alpha value is -6.96. The summed E-state index contributed by atoms with van der Waals surface area (Å²) in [5.41, 5.74) is 19.7. The molecule has 0 N–H and O–H groups in total. The minimum atomic E-state index is -0.545. The molecule has 9 aromatic rings.